The first-order valence-electron chi connectivity index (χ1n) is 9.24. The Balaban J connectivity index is 1.83. The largest absolute Gasteiger partial charge is 0.497 e. The summed E-state index contributed by atoms with van der Waals surface area (Å²) >= 11 is 5.85. The van der Waals surface area contributed by atoms with E-state index in [4.69, 9.17) is 16.3 Å². The lowest BCUT2D eigenvalue weighted by Crippen LogP contribution is -2.40. The molecule has 0 heterocycles. The topological polar surface area (TPSA) is 75.7 Å². The molecule has 0 radical (unpaired) electrons. The normalized spacial score (nSPS) is 11.1. The fourth-order valence-corrected chi connectivity index (χ4v) is 4.41. The molecule has 0 spiro atoms. The summed E-state index contributed by atoms with van der Waals surface area (Å²) in [5.41, 5.74) is 0.895. The van der Waals surface area contributed by atoms with Crippen molar-refractivity contribution in [1.82, 2.24) is 5.32 Å². The molecular weight excluding hydrogens is 443 g/mol. The first-order valence-corrected chi connectivity index (χ1v) is 11.1. The van der Waals surface area contributed by atoms with E-state index < -0.39 is 28.3 Å². The number of carbonyl (C=O) groups excluding carboxylic acids is 1. The Labute approximate surface area is 185 Å². The van der Waals surface area contributed by atoms with E-state index in [0.717, 1.165) is 15.9 Å². The predicted molar refractivity (Wildman–Crippen MR) is 117 cm³/mol. The number of benzene rings is 3. The molecule has 1 N–H and O–H groups in total. The zero-order valence-corrected chi connectivity index (χ0v) is 18.2. The van der Waals surface area contributed by atoms with E-state index >= 15 is 0 Å². The van der Waals surface area contributed by atoms with E-state index in [1.807, 2.05) is 0 Å². The molecule has 0 aromatic heterocycles. The highest BCUT2D eigenvalue weighted by Gasteiger charge is 2.27. The molecule has 0 aliphatic heterocycles. The van der Waals surface area contributed by atoms with Crippen molar-refractivity contribution in [1.29, 1.82) is 0 Å². The molecule has 31 heavy (non-hydrogen) atoms. The summed E-state index contributed by atoms with van der Waals surface area (Å²) in [7, 11) is -2.54. The molecule has 162 valence electrons. The predicted octanol–water partition coefficient (Wildman–Crippen LogP) is 4.00. The Bertz CT molecular complexity index is 1160. The van der Waals surface area contributed by atoms with Crippen molar-refractivity contribution in [2.45, 2.75) is 11.4 Å². The van der Waals surface area contributed by atoms with Crippen molar-refractivity contribution in [2.75, 3.05) is 18.0 Å². The number of halogens is 2. The van der Waals surface area contributed by atoms with E-state index in [2.05, 4.69) is 5.32 Å². The van der Waals surface area contributed by atoms with Gasteiger partial charge in [0.05, 0.1) is 22.7 Å². The smallest absolute Gasteiger partial charge is 0.264 e. The number of anilines is 1. The van der Waals surface area contributed by atoms with Gasteiger partial charge in [0.1, 0.15) is 18.1 Å². The Kier molecular flexibility index (Phi) is 7.14. The molecule has 9 heteroatoms. The molecule has 3 aromatic rings. The van der Waals surface area contributed by atoms with Gasteiger partial charge >= 0.3 is 0 Å². The summed E-state index contributed by atoms with van der Waals surface area (Å²) in [5.74, 6) is -0.536. The molecule has 3 aromatic carbocycles. The van der Waals surface area contributed by atoms with Crippen LogP contribution in [0.5, 0.6) is 5.75 Å². The van der Waals surface area contributed by atoms with Crippen LogP contribution in [0.3, 0.4) is 0 Å². The van der Waals surface area contributed by atoms with Crippen LogP contribution < -0.4 is 14.4 Å². The van der Waals surface area contributed by atoms with Crippen molar-refractivity contribution in [3.8, 4) is 5.75 Å². The van der Waals surface area contributed by atoms with Gasteiger partial charge in [0, 0.05) is 6.54 Å². The van der Waals surface area contributed by atoms with E-state index in [0.29, 0.717) is 5.75 Å². The lowest BCUT2D eigenvalue weighted by molar-refractivity contribution is -0.119. The number of sulfonamides is 1. The van der Waals surface area contributed by atoms with E-state index in [-0.39, 0.29) is 22.2 Å². The molecule has 0 saturated heterocycles. The number of methoxy groups -OCH3 is 1. The van der Waals surface area contributed by atoms with Crippen molar-refractivity contribution in [3.63, 3.8) is 0 Å². The number of carbonyl (C=O) groups is 1. The highest BCUT2D eigenvalue weighted by atomic mass is 35.5. The van der Waals surface area contributed by atoms with Crippen molar-refractivity contribution in [3.05, 3.63) is 89.2 Å². The molecule has 0 aliphatic rings. The Morgan fingerprint density at radius 2 is 1.74 bits per heavy atom. The summed E-state index contributed by atoms with van der Waals surface area (Å²) in [6.45, 7) is -0.304. The molecule has 0 atom stereocenters. The highest BCUT2D eigenvalue weighted by Crippen LogP contribution is 2.27. The summed E-state index contributed by atoms with van der Waals surface area (Å²) in [6, 6.07) is 18.3. The molecule has 0 saturated carbocycles. The minimum atomic E-state index is -4.10. The van der Waals surface area contributed by atoms with Gasteiger partial charge in [0.25, 0.3) is 10.0 Å². The molecule has 0 unspecified atom stereocenters. The van der Waals surface area contributed by atoms with Crippen LogP contribution in [0.4, 0.5) is 10.1 Å². The number of hydrogen-bond donors (Lipinski definition) is 1. The lowest BCUT2D eigenvalue weighted by Gasteiger charge is -2.24. The number of hydrogen-bond acceptors (Lipinski definition) is 4. The molecule has 0 bridgehead atoms. The molecule has 0 fully saturated rings. The third-order valence-corrected chi connectivity index (χ3v) is 6.54. The third-order valence-electron chi connectivity index (χ3n) is 4.46. The van der Waals surface area contributed by atoms with Gasteiger partial charge in [0.15, 0.2) is 0 Å². The van der Waals surface area contributed by atoms with Gasteiger partial charge in [-0.15, -0.1) is 0 Å². The van der Waals surface area contributed by atoms with Gasteiger partial charge in [-0.2, -0.15) is 0 Å². The van der Waals surface area contributed by atoms with Crippen molar-refractivity contribution >= 4 is 33.2 Å². The number of amides is 1. The van der Waals surface area contributed by atoms with Crippen LogP contribution in [0.15, 0.2) is 77.7 Å². The fraction of sp³-hybridized carbons (Fsp3) is 0.136. The summed E-state index contributed by atoms with van der Waals surface area (Å²) in [5, 5.41) is 2.45. The SMILES string of the molecule is COc1ccc(CNC(=O)CN(c2ccc(F)c(Cl)c2)S(=O)(=O)c2ccccc2)cc1. The second-order valence-electron chi connectivity index (χ2n) is 6.55. The number of ether oxygens (including phenoxy) is 1. The average Bonchev–Trinajstić information content (AvgIpc) is 2.79. The van der Waals surface area contributed by atoms with Crippen LogP contribution >= 0.6 is 11.6 Å². The first-order chi connectivity index (χ1) is 14.8. The van der Waals surface area contributed by atoms with Gasteiger partial charge < -0.3 is 10.1 Å². The maximum Gasteiger partial charge on any atom is 0.264 e. The van der Waals surface area contributed by atoms with Gasteiger partial charge in [-0.25, -0.2) is 12.8 Å². The van der Waals surface area contributed by atoms with Crippen LogP contribution in [0, 0.1) is 5.82 Å². The van der Waals surface area contributed by atoms with Gasteiger partial charge in [0.2, 0.25) is 5.91 Å². The van der Waals surface area contributed by atoms with Crippen LogP contribution in [0.25, 0.3) is 0 Å². The zero-order chi connectivity index (χ0) is 22.4. The molecular formula is C22H20ClFN2O4S. The van der Waals surface area contributed by atoms with E-state index in [9.17, 15) is 17.6 Å². The second kappa shape index (κ2) is 9.80. The van der Waals surface area contributed by atoms with Gasteiger partial charge in [-0.1, -0.05) is 41.9 Å². The van der Waals surface area contributed by atoms with Crippen LogP contribution in [-0.4, -0.2) is 28.0 Å². The van der Waals surface area contributed by atoms with E-state index in [1.54, 1.807) is 49.6 Å². The average molecular weight is 463 g/mol. The monoisotopic (exact) mass is 462 g/mol. The number of nitrogens with zero attached hydrogens (tertiary/aromatic N) is 1. The zero-order valence-electron chi connectivity index (χ0n) is 16.6. The molecule has 3 rings (SSSR count). The quantitative estimate of drug-likeness (QED) is 0.549. The fourth-order valence-electron chi connectivity index (χ4n) is 2.81. The Morgan fingerprint density at radius 3 is 2.35 bits per heavy atom. The number of nitrogens with one attached hydrogen (secondary N) is 1. The maximum atomic E-state index is 13.6. The van der Waals surface area contributed by atoms with Crippen LogP contribution in [0.2, 0.25) is 5.02 Å². The molecule has 6 nitrogen and oxygen atoms in total. The maximum absolute atomic E-state index is 13.6. The minimum absolute atomic E-state index is 0.00148. The highest BCUT2D eigenvalue weighted by molar-refractivity contribution is 7.92. The minimum Gasteiger partial charge on any atom is -0.497 e. The van der Waals surface area contributed by atoms with Crippen molar-refractivity contribution < 1.29 is 22.3 Å². The van der Waals surface area contributed by atoms with Gasteiger partial charge in [-0.3, -0.25) is 9.10 Å². The second-order valence-corrected chi connectivity index (χ2v) is 8.82. The Hall–Kier alpha value is -3.10. The van der Waals surface area contributed by atoms with E-state index in [1.165, 1.54) is 24.3 Å². The molecule has 1 amide bonds. The summed E-state index contributed by atoms with van der Waals surface area (Å²) < 4.78 is 46.0. The lowest BCUT2D eigenvalue weighted by atomic mass is 10.2. The summed E-state index contributed by atoms with van der Waals surface area (Å²) in [4.78, 5) is 12.6. The Morgan fingerprint density at radius 1 is 1.06 bits per heavy atom. The van der Waals surface area contributed by atoms with Crippen LogP contribution in [-0.2, 0) is 21.4 Å². The third kappa shape index (κ3) is 5.53. The standard InChI is InChI=1S/C22H20ClFN2O4S/c1-30-18-10-7-16(8-11-18)14-25-22(27)15-26(17-9-12-21(24)20(23)13-17)31(28,29)19-5-3-2-4-6-19/h2-13H,14-15H2,1H3,(H,25,27). The van der Waals surface area contributed by atoms with Gasteiger partial charge in [-0.05, 0) is 48.0 Å². The first kappa shape index (κ1) is 22.6. The number of rotatable bonds is 8. The van der Waals surface area contributed by atoms with Crippen LogP contribution in [0.1, 0.15) is 5.56 Å². The summed E-state index contributed by atoms with van der Waals surface area (Å²) in [6.07, 6.45) is 0. The van der Waals surface area contributed by atoms with Crippen molar-refractivity contribution in [2.24, 2.45) is 0 Å². The molecule has 0 aliphatic carbocycles.